The highest BCUT2D eigenvalue weighted by Gasteiger charge is 2.45. The first-order valence-electron chi connectivity index (χ1n) is 13.2. The van der Waals surface area contributed by atoms with Crippen molar-refractivity contribution in [3.05, 3.63) is 82.9 Å². The molecule has 11 nitrogen and oxygen atoms in total. The molecule has 1 aliphatic heterocycles. The lowest BCUT2D eigenvalue weighted by atomic mass is 9.99. The zero-order valence-corrected chi connectivity index (χ0v) is 25.2. The van der Waals surface area contributed by atoms with Crippen molar-refractivity contribution >= 4 is 43.8 Å². The van der Waals surface area contributed by atoms with Gasteiger partial charge in [-0.15, -0.1) is 0 Å². The molecule has 2 heterocycles. The molecule has 0 unspecified atom stereocenters. The number of nitrogens with zero attached hydrogens (tertiary/aromatic N) is 1. The lowest BCUT2D eigenvalue weighted by Gasteiger charge is -2.39. The van der Waals surface area contributed by atoms with E-state index in [2.05, 4.69) is 16.7 Å². The molecular formula is C30H33NO10S2. The molecule has 4 N–H and O–H groups in total. The van der Waals surface area contributed by atoms with Gasteiger partial charge in [-0.3, -0.25) is 0 Å². The molecule has 5 rings (SSSR count). The highest BCUT2D eigenvalue weighted by Crippen LogP contribution is 2.32. The second kappa shape index (κ2) is 13.9. The van der Waals surface area contributed by atoms with E-state index in [0.717, 1.165) is 21.7 Å². The van der Waals surface area contributed by atoms with E-state index in [-0.39, 0.29) is 4.90 Å². The summed E-state index contributed by atoms with van der Waals surface area (Å²) in [5.41, 5.74) is 2.97. The number of para-hydroxylation sites is 1. The predicted octanol–water partition coefficient (Wildman–Crippen LogP) is 1.98. The van der Waals surface area contributed by atoms with Crippen LogP contribution in [0.4, 0.5) is 0 Å². The van der Waals surface area contributed by atoms with Gasteiger partial charge in [-0.05, 0) is 48.9 Å². The van der Waals surface area contributed by atoms with Crippen molar-refractivity contribution in [2.24, 2.45) is 7.05 Å². The van der Waals surface area contributed by atoms with Crippen LogP contribution in [0.15, 0.2) is 71.6 Å². The largest absolute Gasteiger partial charge is 0.744 e. The smallest absolute Gasteiger partial charge is 0.262 e. The van der Waals surface area contributed by atoms with Crippen LogP contribution in [0, 0.1) is 6.92 Å². The highest BCUT2D eigenvalue weighted by atomic mass is 32.2. The number of aromatic nitrogens is 1. The maximum absolute atomic E-state index is 10.4. The Kier molecular flexibility index (Phi) is 10.5. The summed E-state index contributed by atoms with van der Waals surface area (Å²) in [4.78, 5) is -0.178. The second-order valence-electron chi connectivity index (χ2n) is 9.79. The van der Waals surface area contributed by atoms with Gasteiger partial charge in [0.05, 0.1) is 18.6 Å². The number of aryl methyl sites for hydroxylation is 2. The first kappa shape index (κ1) is 32.5. The summed E-state index contributed by atoms with van der Waals surface area (Å²) in [5.74, 6) is 0.700. The quantitative estimate of drug-likeness (QED) is 0.175. The maximum Gasteiger partial charge on any atom is 0.262 e. The summed E-state index contributed by atoms with van der Waals surface area (Å²) < 4.78 is 51.0. The third-order valence-electron chi connectivity index (χ3n) is 6.78. The van der Waals surface area contributed by atoms with Gasteiger partial charge < -0.3 is 39.2 Å². The van der Waals surface area contributed by atoms with E-state index in [4.69, 9.17) is 14.2 Å². The van der Waals surface area contributed by atoms with Gasteiger partial charge in [-0.25, -0.2) is 8.42 Å². The van der Waals surface area contributed by atoms with E-state index in [0.29, 0.717) is 11.5 Å². The molecule has 230 valence electrons. The van der Waals surface area contributed by atoms with Crippen LogP contribution in [0.1, 0.15) is 16.1 Å². The molecule has 0 spiro atoms. The number of hydrogen-bond acceptors (Lipinski definition) is 11. The molecule has 0 amide bonds. The van der Waals surface area contributed by atoms with Gasteiger partial charge in [0.25, 0.3) is 5.01 Å². The van der Waals surface area contributed by atoms with Gasteiger partial charge in [0.1, 0.15) is 46.3 Å². The maximum atomic E-state index is 10.4. The number of ether oxygens (including phenoxy) is 3. The summed E-state index contributed by atoms with van der Waals surface area (Å²) >= 11 is 1.69. The zero-order chi connectivity index (χ0) is 31.3. The number of aliphatic hydroxyl groups is 4. The van der Waals surface area contributed by atoms with Crippen LogP contribution in [0.3, 0.4) is 0 Å². The molecule has 1 aliphatic rings. The van der Waals surface area contributed by atoms with Crippen LogP contribution in [-0.2, 0) is 21.9 Å². The first-order valence-corrected chi connectivity index (χ1v) is 15.4. The molecule has 0 saturated carbocycles. The molecule has 3 aromatic carbocycles. The summed E-state index contributed by atoms with van der Waals surface area (Å²) in [6, 6.07) is 19.3. The fourth-order valence-electron chi connectivity index (χ4n) is 4.31. The van der Waals surface area contributed by atoms with Crippen LogP contribution in [0.5, 0.6) is 11.5 Å². The Morgan fingerprint density at radius 3 is 2.30 bits per heavy atom. The van der Waals surface area contributed by atoms with E-state index in [1.165, 1.54) is 23.9 Å². The third-order valence-corrected chi connectivity index (χ3v) is 8.81. The van der Waals surface area contributed by atoms with Crippen LogP contribution in [0.25, 0.3) is 22.4 Å². The van der Waals surface area contributed by atoms with E-state index in [1.807, 2.05) is 44.3 Å². The second-order valence-corrected chi connectivity index (χ2v) is 12.2. The van der Waals surface area contributed by atoms with E-state index < -0.39 is 47.4 Å². The molecular weight excluding hydrogens is 598 g/mol. The fourth-order valence-corrected chi connectivity index (χ4v) is 5.84. The number of rotatable bonds is 7. The van der Waals surface area contributed by atoms with Crippen molar-refractivity contribution in [1.82, 2.24) is 0 Å². The average molecular weight is 632 g/mol. The Hall–Kier alpha value is -3.40. The van der Waals surface area contributed by atoms with Crippen molar-refractivity contribution in [2.45, 2.75) is 42.5 Å². The third kappa shape index (κ3) is 7.77. The number of methoxy groups -OCH3 is 1. The van der Waals surface area contributed by atoms with Crippen molar-refractivity contribution < 1.29 is 52.2 Å². The van der Waals surface area contributed by atoms with Gasteiger partial charge in [-0.1, -0.05) is 47.2 Å². The summed E-state index contributed by atoms with van der Waals surface area (Å²) in [7, 11) is -0.750. The van der Waals surface area contributed by atoms with Crippen molar-refractivity contribution in [3.8, 4) is 11.5 Å². The van der Waals surface area contributed by atoms with Gasteiger partial charge in [0.15, 0.2) is 11.5 Å². The normalized spacial score (nSPS) is 22.3. The lowest BCUT2D eigenvalue weighted by molar-refractivity contribution is -0.642. The molecule has 0 radical (unpaired) electrons. The zero-order valence-electron chi connectivity index (χ0n) is 23.6. The Morgan fingerprint density at radius 2 is 1.67 bits per heavy atom. The van der Waals surface area contributed by atoms with Gasteiger partial charge >= 0.3 is 0 Å². The minimum absolute atomic E-state index is 0.178. The van der Waals surface area contributed by atoms with E-state index in [1.54, 1.807) is 35.6 Å². The number of hydrogen-bond donors (Lipinski definition) is 4. The molecule has 0 aliphatic carbocycles. The molecule has 1 fully saturated rings. The van der Waals surface area contributed by atoms with Crippen LogP contribution >= 0.6 is 11.3 Å². The number of benzene rings is 3. The Bertz CT molecular complexity index is 1670. The molecule has 5 atom stereocenters. The fraction of sp³-hybridized carbons (Fsp3) is 0.300. The Labute approximate surface area is 253 Å². The predicted molar refractivity (Wildman–Crippen MR) is 158 cm³/mol. The van der Waals surface area contributed by atoms with Crippen molar-refractivity contribution in [2.75, 3.05) is 13.7 Å². The summed E-state index contributed by atoms with van der Waals surface area (Å²) in [6.07, 6.45) is -2.79. The SMILES string of the molecule is COc1cc(/C=C/c2sc3ccccc3[n+]2C)ccc1O[C@@H]1O[C@H](CO)[C@H](O)[C@H](O)[C@H]1O.Cc1ccc(S(=O)(=O)[O-])cc1. The van der Waals surface area contributed by atoms with E-state index >= 15 is 0 Å². The molecule has 4 aromatic rings. The minimum Gasteiger partial charge on any atom is -0.744 e. The van der Waals surface area contributed by atoms with Crippen molar-refractivity contribution in [3.63, 3.8) is 0 Å². The molecule has 13 heteroatoms. The van der Waals surface area contributed by atoms with Gasteiger partial charge in [0.2, 0.25) is 11.8 Å². The topological polar surface area (TPSA) is 170 Å². The lowest BCUT2D eigenvalue weighted by Crippen LogP contribution is -2.60. The molecule has 1 saturated heterocycles. The van der Waals surface area contributed by atoms with Crippen molar-refractivity contribution in [1.29, 1.82) is 0 Å². The average Bonchev–Trinajstić information content (AvgIpc) is 3.32. The number of thiazole rings is 1. The van der Waals surface area contributed by atoms with E-state index in [9.17, 15) is 33.4 Å². The van der Waals surface area contributed by atoms with Gasteiger partial charge in [-0.2, -0.15) is 4.57 Å². The highest BCUT2D eigenvalue weighted by molar-refractivity contribution is 7.85. The Balaban J connectivity index is 0.000000324. The first-order chi connectivity index (χ1) is 20.4. The van der Waals surface area contributed by atoms with Crippen LogP contribution in [0.2, 0.25) is 0 Å². The summed E-state index contributed by atoms with van der Waals surface area (Å²) in [5, 5.41) is 40.5. The number of fused-ring (bicyclic) bond motifs is 1. The van der Waals surface area contributed by atoms with Crippen LogP contribution < -0.4 is 14.0 Å². The minimum atomic E-state index is -4.27. The molecule has 43 heavy (non-hydrogen) atoms. The van der Waals surface area contributed by atoms with Crippen LogP contribution in [-0.4, -0.2) is 77.8 Å². The molecule has 0 bridgehead atoms. The summed E-state index contributed by atoms with van der Waals surface area (Å²) in [6.45, 7) is 1.29. The Morgan fingerprint density at radius 1 is 0.977 bits per heavy atom. The van der Waals surface area contributed by atoms with Gasteiger partial charge in [0, 0.05) is 12.1 Å². The molecule has 1 aromatic heterocycles. The standard InChI is InChI=1S/C23H26NO7S.C7H8O3S/c1-24-14-5-3-4-6-18(14)32-19(24)10-8-13-7-9-15(16(11-13)29-2)30-23-22(28)21(27)20(26)17(12-25)31-23;1-6-2-4-7(5-3-6)11(8,9)10/h3-11,17,20-23,25-28H,12H2,1-2H3;2-5H,1H3,(H,8,9,10)/q+1;/p-1/b10-8+;/t17-,20+,21+,22-,23-;/m1./s1. The number of aliphatic hydroxyl groups excluding tert-OH is 4. The monoisotopic (exact) mass is 631 g/mol.